The number of carbonyl (C=O) groups is 2. The van der Waals surface area contributed by atoms with Crippen molar-refractivity contribution >= 4 is 17.6 Å². The number of halogens is 3. The summed E-state index contributed by atoms with van der Waals surface area (Å²) in [5.41, 5.74) is 3.02. The number of carbonyl (C=O) groups excluding carboxylic acids is 1. The van der Waals surface area contributed by atoms with E-state index in [9.17, 15) is 18.0 Å². The zero-order chi connectivity index (χ0) is 21.1. The summed E-state index contributed by atoms with van der Waals surface area (Å²) >= 11 is 0. The molecule has 0 unspecified atom stereocenters. The second-order valence-corrected chi connectivity index (χ2v) is 7.10. The predicted molar refractivity (Wildman–Crippen MR) is 97.9 cm³/mol. The van der Waals surface area contributed by atoms with Crippen LogP contribution in [0.2, 0.25) is 0 Å². The van der Waals surface area contributed by atoms with Crippen molar-refractivity contribution in [1.82, 2.24) is 15.3 Å². The molecule has 0 radical (unpaired) electrons. The van der Waals surface area contributed by atoms with Crippen molar-refractivity contribution in [2.45, 2.75) is 31.5 Å². The quantitative estimate of drug-likeness (QED) is 0.722. The van der Waals surface area contributed by atoms with Crippen LogP contribution in [0, 0.1) is 5.41 Å². The smallest absolute Gasteiger partial charge is 0.475 e. The molecule has 3 heterocycles. The predicted octanol–water partition coefficient (Wildman–Crippen LogP) is 2.86. The Morgan fingerprint density at radius 2 is 1.83 bits per heavy atom. The SMILES string of the molecule is O=C(Nc1ccnc(-c2ccncc2)c1)[C@H]1CC2(CC2)CN1.O=C(O)C(F)(F)F. The first-order valence-corrected chi connectivity index (χ1v) is 8.89. The number of carboxylic acid groups (broad SMARTS) is 1. The summed E-state index contributed by atoms with van der Waals surface area (Å²) < 4.78 is 31.7. The van der Waals surface area contributed by atoms with E-state index in [1.54, 1.807) is 18.6 Å². The van der Waals surface area contributed by atoms with Gasteiger partial charge in [-0.05, 0) is 48.9 Å². The molecule has 10 heteroatoms. The van der Waals surface area contributed by atoms with E-state index in [0.29, 0.717) is 5.41 Å². The number of hydrogen-bond acceptors (Lipinski definition) is 5. The molecular formula is C19H19F3N4O3. The number of pyridine rings is 2. The number of carboxylic acids is 1. The first-order valence-electron chi connectivity index (χ1n) is 8.89. The lowest BCUT2D eigenvalue weighted by Gasteiger charge is -2.12. The van der Waals surface area contributed by atoms with Crippen LogP contribution in [0.3, 0.4) is 0 Å². The summed E-state index contributed by atoms with van der Waals surface area (Å²) in [4.78, 5) is 29.6. The van der Waals surface area contributed by atoms with Crippen LogP contribution in [-0.4, -0.2) is 45.7 Å². The number of amides is 1. The molecule has 3 N–H and O–H groups in total. The number of nitrogens with one attached hydrogen (secondary N) is 2. The van der Waals surface area contributed by atoms with Gasteiger partial charge >= 0.3 is 12.1 Å². The summed E-state index contributed by atoms with van der Waals surface area (Å²) in [6.45, 7) is 0.976. The fourth-order valence-electron chi connectivity index (χ4n) is 3.08. The van der Waals surface area contributed by atoms with E-state index in [4.69, 9.17) is 9.90 Å². The first kappa shape index (κ1) is 20.7. The lowest BCUT2D eigenvalue weighted by atomic mass is 10.0. The highest BCUT2D eigenvalue weighted by atomic mass is 19.4. The van der Waals surface area contributed by atoms with Crippen molar-refractivity contribution in [2.75, 3.05) is 11.9 Å². The number of anilines is 1. The van der Waals surface area contributed by atoms with E-state index in [1.807, 2.05) is 24.3 Å². The van der Waals surface area contributed by atoms with Gasteiger partial charge in [-0.2, -0.15) is 13.2 Å². The molecule has 4 rings (SSSR count). The minimum absolute atomic E-state index is 0.0515. The number of rotatable bonds is 3. The Morgan fingerprint density at radius 1 is 1.17 bits per heavy atom. The molecule has 2 aliphatic rings. The van der Waals surface area contributed by atoms with Gasteiger partial charge in [-0.3, -0.25) is 14.8 Å². The van der Waals surface area contributed by atoms with Crippen molar-refractivity contribution in [3.05, 3.63) is 42.9 Å². The van der Waals surface area contributed by atoms with Gasteiger partial charge in [0.05, 0.1) is 11.7 Å². The summed E-state index contributed by atoms with van der Waals surface area (Å²) in [7, 11) is 0. The Bertz CT molecular complexity index is 886. The van der Waals surface area contributed by atoms with E-state index >= 15 is 0 Å². The van der Waals surface area contributed by atoms with Gasteiger partial charge in [-0.25, -0.2) is 4.79 Å². The second kappa shape index (κ2) is 8.16. The third kappa shape index (κ3) is 5.50. The van der Waals surface area contributed by atoms with Crippen molar-refractivity contribution in [3.8, 4) is 11.3 Å². The molecule has 2 fully saturated rings. The number of nitrogens with zero attached hydrogens (tertiary/aromatic N) is 2. The molecule has 0 aromatic carbocycles. The van der Waals surface area contributed by atoms with Gasteiger partial charge in [-0.15, -0.1) is 0 Å². The highest BCUT2D eigenvalue weighted by Crippen LogP contribution is 2.51. The maximum atomic E-state index is 12.4. The Kier molecular flexibility index (Phi) is 5.83. The van der Waals surface area contributed by atoms with E-state index < -0.39 is 12.1 Å². The normalized spacial score (nSPS) is 19.2. The fraction of sp³-hybridized carbons (Fsp3) is 0.368. The molecule has 29 heavy (non-hydrogen) atoms. The van der Waals surface area contributed by atoms with Crippen LogP contribution < -0.4 is 10.6 Å². The highest BCUT2D eigenvalue weighted by molar-refractivity contribution is 5.95. The average molecular weight is 408 g/mol. The molecule has 1 amide bonds. The van der Waals surface area contributed by atoms with Crippen molar-refractivity contribution in [2.24, 2.45) is 5.41 Å². The summed E-state index contributed by atoms with van der Waals surface area (Å²) in [5.74, 6) is -2.71. The average Bonchev–Trinajstić information content (AvgIpc) is 3.31. The van der Waals surface area contributed by atoms with Gasteiger partial charge < -0.3 is 15.7 Å². The maximum absolute atomic E-state index is 12.4. The van der Waals surface area contributed by atoms with Gasteiger partial charge in [0.1, 0.15) is 0 Å². The number of alkyl halides is 3. The van der Waals surface area contributed by atoms with Gasteiger partial charge in [0.15, 0.2) is 0 Å². The van der Waals surface area contributed by atoms with E-state index in [1.165, 1.54) is 12.8 Å². The molecule has 1 saturated carbocycles. The first-order chi connectivity index (χ1) is 13.7. The zero-order valence-corrected chi connectivity index (χ0v) is 15.2. The highest BCUT2D eigenvalue weighted by Gasteiger charge is 2.49. The topological polar surface area (TPSA) is 104 Å². The molecule has 1 aliphatic heterocycles. The Hall–Kier alpha value is -3.01. The van der Waals surface area contributed by atoms with Crippen LogP contribution in [-0.2, 0) is 9.59 Å². The van der Waals surface area contributed by atoms with Gasteiger partial charge in [0.25, 0.3) is 0 Å². The molecule has 154 valence electrons. The van der Waals surface area contributed by atoms with E-state index in [2.05, 4.69) is 20.6 Å². The summed E-state index contributed by atoms with van der Waals surface area (Å²) in [6.07, 6.45) is 3.58. The second-order valence-electron chi connectivity index (χ2n) is 7.10. The van der Waals surface area contributed by atoms with Crippen LogP contribution in [0.25, 0.3) is 11.3 Å². The minimum atomic E-state index is -5.08. The summed E-state index contributed by atoms with van der Waals surface area (Å²) in [6, 6.07) is 7.46. The lowest BCUT2D eigenvalue weighted by molar-refractivity contribution is -0.192. The standard InChI is InChI=1S/C17H18N4O.C2HF3O2/c22-16(15-10-17(4-5-17)11-20-15)21-13-3-8-19-14(9-13)12-1-6-18-7-2-12;3-2(4,5)1(6)7/h1-3,6-9,15,20H,4-5,10-11H2,(H,19,21,22);(H,6,7)/t15-;/m1./s1. The number of aliphatic carboxylic acids is 1. The fourth-order valence-corrected chi connectivity index (χ4v) is 3.08. The molecule has 0 bridgehead atoms. The largest absolute Gasteiger partial charge is 0.490 e. The Balaban J connectivity index is 0.000000298. The molecule has 1 saturated heterocycles. The molecular weight excluding hydrogens is 389 g/mol. The number of hydrogen-bond donors (Lipinski definition) is 3. The molecule has 7 nitrogen and oxygen atoms in total. The van der Waals surface area contributed by atoms with Crippen LogP contribution in [0.15, 0.2) is 42.9 Å². The van der Waals surface area contributed by atoms with Crippen LogP contribution in [0.1, 0.15) is 19.3 Å². The van der Waals surface area contributed by atoms with E-state index in [-0.39, 0.29) is 11.9 Å². The molecule has 1 atom stereocenters. The molecule has 2 aromatic rings. The van der Waals surface area contributed by atoms with E-state index in [0.717, 1.165) is 29.9 Å². The van der Waals surface area contributed by atoms with Gasteiger partial charge in [0.2, 0.25) is 5.91 Å². The Labute approximate surface area is 164 Å². The molecule has 1 spiro atoms. The van der Waals surface area contributed by atoms with Crippen LogP contribution in [0.5, 0.6) is 0 Å². The van der Waals surface area contributed by atoms with Crippen LogP contribution in [0.4, 0.5) is 18.9 Å². The molecule has 2 aromatic heterocycles. The summed E-state index contributed by atoms with van der Waals surface area (Å²) in [5, 5.41) is 13.5. The number of aromatic nitrogens is 2. The molecule has 1 aliphatic carbocycles. The minimum Gasteiger partial charge on any atom is -0.475 e. The van der Waals surface area contributed by atoms with Gasteiger partial charge in [0, 0.05) is 36.4 Å². The maximum Gasteiger partial charge on any atom is 0.490 e. The lowest BCUT2D eigenvalue weighted by Crippen LogP contribution is -2.35. The monoisotopic (exact) mass is 408 g/mol. The van der Waals surface area contributed by atoms with Crippen molar-refractivity contribution in [1.29, 1.82) is 0 Å². The van der Waals surface area contributed by atoms with Gasteiger partial charge in [-0.1, -0.05) is 0 Å². The third-order valence-electron chi connectivity index (χ3n) is 4.88. The third-order valence-corrected chi connectivity index (χ3v) is 4.88. The zero-order valence-electron chi connectivity index (χ0n) is 15.2. The Morgan fingerprint density at radius 3 is 2.38 bits per heavy atom. The van der Waals surface area contributed by atoms with Crippen molar-refractivity contribution < 1.29 is 27.9 Å². The van der Waals surface area contributed by atoms with Crippen LogP contribution >= 0.6 is 0 Å². The van der Waals surface area contributed by atoms with Crippen molar-refractivity contribution in [3.63, 3.8) is 0 Å².